The van der Waals surface area contributed by atoms with Crippen LogP contribution in [0.5, 0.6) is 0 Å². The largest absolute Gasteiger partial charge is 0.453 e. The molecule has 0 saturated carbocycles. The van der Waals surface area contributed by atoms with E-state index in [2.05, 4.69) is 10.7 Å². The third-order valence-electron chi connectivity index (χ3n) is 0.453. The molecule has 2 heteroatoms. The minimum Gasteiger partial charge on any atom is -0.453 e. The highest BCUT2D eigenvalue weighted by atomic mass is 16.5. The molecule has 41 valence electrons. The van der Waals surface area contributed by atoms with Crippen LogP contribution in [0.3, 0.4) is 0 Å². The van der Waals surface area contributed by atoms with Crippen LogP contribution in [-0.4, -0.2) is 13.1 Å². The molecule has 0 bridgehead atoms. The van der Waals surface area contributed by atoms with Crippen LogP contribution in [0.4, 0.5) is 0 Å². The highest BCUT2D eigenvalue weighted by Crippen LogP contribution is 1.70. The topological polar surface area (TPSA) is 26.3 Å². The number of allylic oxidation sites excluding steroid dienone is 1. The maximum absolute atomic E-state index is 9.34. The molecule has 0 fully saturated rings. The third-order valence-corrected chi connectivity index (χ3v) is 0.453. The van der Waals surface area contributed by atoms with E-state index in [1.54, 1.807) is 6.08 Å². The second-order valence-electron chi connectivity index (χ2n) is 0.963. The smallest absolute Gasteiger partial charge is 0.417 e. The lowest BCUT2D eigenvalue weighted by molar-refractivity contribution is 0.314. The quantitative estimate of drug-likeness (QED) is 0.384. The lowest BCUT2D eigenvalue weighted by Gasteiger charge is -1.82. The SMILES string of the molecule is C#C/C=C/CO[C]=O. The van der Waals surface area contributed by atoms with Crippen molar-refractivity contribution in [3.8, 4) is 12.3 Å². The minimum atomic E-state index is 0.202. The first-order chi connectivity index (χ1) is 3.91. The number of rotatable bonds is 3. The standard InChI is InChI=1S/C6H5O2/c1-2-3-4-5-8-6-7/h1,3-4H,5H2/b4-3+. The van der Waals surface area contributed by atoms with Gasteiger partial charge in [-0.1, -0.05) is 5.92 Å². The van der Waals surface area contributed by atoms with Gasteiger partial charge in [0, 0.05) is 0 Å². The maximum Gasteiger partial charge on any atom is 0.417 e. The predicted molar refractivity (Wildman–Crippen MR) is 29.6 cm³/mol. The summed E-state index contributed by atoms with van der Waals surface area (Å²) in [7, 11) is 0. The normalized spacial score (nSPS) is 8.38. The Labute approximate surface area is 48.1 Å². The van der Waals surface area contributed by atoms with E-state index in [1.807, 2.05) is 0 Å². The summed E-state index contributed by atoms with van der Waals surface area (Å²) in [4.78, 5) is 9.34. The van der Waals surface area contributed by atoms with Gasteiger partial charge in [-0.2, -0.15) is 0 Å². The fourth-order valence-corrected chi connectivity index (χ4v) is 0.198. The summed E-state index contributed by atoms with van der Waals surface area (Å²) in [5.74, 6) is 2.24. The van der Waals surface area contributed by atoms with Crippen molar-refractivity contribution in [2.75, 3.05) is 6.61 Å². The number of ether oxygens (including phenoxy) is 1. The summed E-state index contributed by atoms with van der Waals surface area (Å²) in [6.45, 7) is 1.46. The monoisotopic (exact) mass is 109 g/mol. The van der Waals surface area contributed by atoms with Crippen molar-refractivity contribution in [3.63, 3.8) is 0 Å². The first-order valence-corrected chi connectivity index (χ1v) is 2.02. The van der Waals surface area contributed by atoms with E-state index in [0.717, 1.165) is 0 Å². The molecule has 0 rings (SSSR count). The molecule has 0 N–H and O–H groups in total. The molecule has 0 aliphatic heterocycles. The van der Waals surface area contributed by atoms with Crippen LogP contribution in [0.25, 0.3) is 0 Å². The van der Waals surface area contributed by atoms with Gasteiger partial charge in [0.2, 0.25) is 0 Å². The Morgan fingerprint density at radius 1 is 1.75 bits per heavy atom. The summed E-state index contributed by atoms with van der Waals surface area (Å²) in [6.07, 6.45) is 7.82. The second kappa shape index (κ2) is 5.77. The molecule has 0 aromatic carbocycles. The van der Waals surface area contributed by atoms with Crippen LogP contribution >= 0.6 is 0 Å². The van der Waals surface area contributed by atoms with E-state index in [0.29, 0.717) is 0 Å². The van der Waals surface area contributed by atoms with Crippen molar-refractivity contribution in [1.82, 2.24) is 0 Å². The van der Waals surface area contributed by atoms with Gasteiger partial charge >= 0.3 is 6.47 Å². The lowest BCUT2D eigenvalue weighted by Crippen LogP contribution is -1.84. The molecule has 0 spiro atoms. The van der Waals surface area contributed by atoms with Crippen LogP contribution < -0.4 is 0 Å². The molecular weight excluding hydrogens is 104 g/mol. The van der Waals surface area contributed by atoms with E-state index in [4.69, 9.17) is 6.42 Å². The van der Waals surface area contributed by atoms with E-state index < -0.39 is 0 Å². The van der Waals surface area contributed by atoms with E-state index in [9.17, 15) is 4.79 Å². The fraction of sp³-hybridized carbons (Fsp3) is 0.167. The second-order valence-corrected chi connectivity index (χ2v) is 0.963. The number of terminal acetylenes is 1. The third kappa shape index (κ3) is 4.77. The van der Waals surface area contributed by atoms with Crippen LogP contribution in [0, 0.1) is 12.3 Å². The molecular formula is C6H5O2. The van der Waals surface area contributed by atoms with Crippen LogP contribution in [0.2, 0.25) is 0 Å². The zero-order valence-corrected chi connectivity index (χ0v) is 4.26. The van der Waals surface area contributed by atoms with E-state index >= 15 is 0 Å². The van der Waals surface area contributed by atoms with Gasteiger partial charge in [0.15, 0.2) is 0 Å². The lowest BCUT2D eigenvalue weighted by atomic mass is 10.5. The average Bonchev–Trinajstić information content (AvgIpc) is 1.81. The predicted octanol–water partition coefficient (Wildman–Crippen LogP) is 0.260. The van der Waals surface area contributed by atoms with Crippen LogP contribution in [0.15, 0.2) is 12.2 Å². The summed E-state index contributed by atoms with van der Waals surface area (Å²) in [6, 6.07) is 0. The Hall–Kier alpha value is -1.23. The van der Waals surface area contributed by atoms with Crippen molar-refractivity contribution < 1.29 is 9.53 Å². The van der Waals surface area contributed by atoms with Crippen molar-refractivity contribution >= 4 is 6.47 Å². The summed E-state index contributed by atoms with van der Waals surface area (Å²) >= 11 is 0. The number of hydrogen-bond donors (Lipinski definition) is 0. The van der Waals surface area contributed by atoms with Gasteiger partial charge in [-0.25, -0.2) is 4.79 Å². The average molecular weight is 109 g/mol. The van der Waals surface area contributed by atoms with Crippen molar-refractivity contribution in [1.29, 1.82) is 0 Å². The van der Waals surface area contributed by atoms with Gasteiger partial charge in [-0.3, -0.25) is 0 Å². The first-order valence-electron chi connectivity index (χ1n) is 2.02. The molecule has 0 aromatic rings. The fourth-order valence-electron chi connectivity index (χ4n) is 0.198. The Morgan fingerprint density at radius 3 is 3.00 bits per heavy atom. The zero-order valence-electron chi connectivity index (χ0n) is 4.26. The van der Waals surface area contributed by atoms with Gasteiger partial charge in [0.1, 0.15) is 6.61 Å². The first kappa shape index (κ1) is 6.77. The maximum atomic E-state index is 9.34. The van der Waals surface area contributed by atoms with Gasteiger partial charge < -0.3 is 4.74 Å². The zero-order chi connectivity index (χ0) is 6.24. The highest BCUT2D eigenvalue weighted by Gasteiger charge is 1.72. The van der Waals surface area contributed by atoms with Crippen LogP contribution in [-0.2, 0) is 9.53 Å². The van der Waals surface area contributed by atoms with Crippen LogP contribution in [0.1, 0.15) is 0 Å². The molecule has 0 aromatic heterocycles. The molecule has 0 amide bonds. The van der Waals surface area contributed by atoms with E-state index in [-0.39, 0.29) is 6.61 Å². The number of carbonyl (C=O) groups excluding carboxylic acids is 1. The summed E-state index contributed by atoms with van der Waals surface area (Å²) < 4.78 is 4.15. The minimum absolute atomic E-state index is 0.202. The Balaban J connectivity index is 3.06. The van der Waals surface area contributed by atoms with Gasteiger partial charge in [-0.15, -0.1) is 6.42 Å². The Morgan fingerprint density at radius 2 is 2.50 bits per heavy atom. The molecule has 0 atom stereocenters. The Bertz CT molecular complexity index is 119. The summed E-state index contributed by atoms with van der Waals surface area (Å²) in [5, 5.41) is 0. The van der Waals surface area contributed by atoms with Crippen molar-refractivity contribution in [2.24, 2.45) is 0 Å². The van der Waals surface area contributed by atoms with E-state index in [1.165, 1.54) is 12.5 Å². The van der Waals surface area contributed by atoms with Gasteiger partial charge in [0.05, 0.1) is 0 Å². The van der Waals surface area contributed by atoms with Crippen molar-refractivity contribution in [2.45, 2.75) is 0 Å². The van der Waals surface area contributed by atoms with Gasteiger partial charge in [0.25, 0.3) is 0 Å². The molecule has 1 radical (unpaired) electrons. The molecule has 0 unspecified atom stereocenters. The highest BCUT2D eigenvalue weighted by molar-refractivity contribution is 5.38. The molecule has 2 nitrogen and oxygen atoms in total. The molecule has 8 heavy (non-hydrogen) atoms. The molecule has 0 aliphatic carbocycles. The molecule has 0 aliphatic rings. The molecule has 0 saturated heterocycles. The molecule has 0 heterocycles. The van der Waals surface area contributed by atoms with Gasteiger partial charge in [-0.05, 0) is 12.2 Å². The number of hydrogen-bond acceptors (Lipinski definition) is 2. The Kier molecular flexibility index (Phi) is 4.88. The summed E-state index contributed by atoms with van der Waals surface area (Å²) in [5.41, 5.74) is 0. The van der Waals surface area contributed by atoms with Crippen molar-refractivity contribution in [3.05, 3.63) is 12.2 Å².